The molecule has 0 spiro atoms. The number of aliphatic hydroxyl groups excluding tert-OH is 1. The van der Waals surface area contributed by atoms with E-state index in [1.165, 1.54) is 0 Å². The van der Waals surface area contributed by atoms with Crippen LogP contribution in [0.15, 0.2) is 34.8 Å². The van der Waals surface area contributed by atoms with E-state index in [0.29, 0.717) is 5.88 Å². The number of benzene rings is 1. The highest BCUT2D eigenvalue weighted by molar-refractivity contribution is 9.10. The van der Waals surface area contributed by atoms with Crippen molar-refractivity contribution in [2.75, 3.05) is 0 Å². The van der Waals surface area contributed by atoms with Crippen molar-refractivity contribution >= 4 is 15.9 Å². The highest BCUT2D eigenvalue weighted by Gasteiger charge is 2.09. The first kappa shape index (κ1) is 15.0. The molecular weight excluding hydrogens is 318 g/mol. The number of rotatable bonds is 4. The fraction of sp³-hybridized carbons (Fsp3) is 0.312. The van der Waals surface area contributed by atoms with E-state index in [4.69, 9.17) is 4.74 Å². The molecule has 1 heterocycles. The third-order valence-corrected chi connectivity index (χ3v) is 3.50. The molecule has 0 aliphatic heterocycles. The Morgan fingerprint density at radius 1 is 1.25 bits per heavy atom. The number of ether oxygens (including phenoxy) is 1. The first-order chi connectivity index (χ1) is 9.49. The maximum atomic E-state index is 9.34. The molecule has 1 aromatic heterocycles. The molecule has 0 aliphatic carbocycles. The van der Waals surface area contributed by atoms with Crippen LogP contribution in [0.5, 0.6) is 11.6 Å². The quantitative estimate of drug-likeness (QED) is 0.890. The summed E-state index contributed by atoms with van der Waals surface area (Å²) in [5.74, 6) is 1.58. The zero-order chi connectivity index (χ0) is 14.7. The van der Waals surface area contributed by atoms with E-state index in [0.717, 1.165) is 27.0 Å². The molecule has 4 heteroatoms. The van der Waals surface area contributed by atoms with Gasteiger partial charge in [-0.15, -0.1) is 0 Å². The molecule has 0 bridgehead atoms. The Labute approximate surface area is 127 Å². The summed E-state index contributed by atoms with van der Waals surface area (Å²) in [5, 5.41) is 9.34. The smallest absolute Gasteiger partial charge is 0.219 e. The number of aromatic nitrogens is 1. The van der Waals surface area contributed by atoms with E-state index in [9.17, 15) is 5.11 Å². The van der Waals surface area contributed by atoms with Crippen LogP contribution in [0.4, 0.5) is 0 Å². The van der Waals surface area contributed by atoms with Crippen LogP contribution >= 0.6 is 15.9 Å². The van der Waals surface area contributed by atoms with Crippen LogP contribution in [-0.2, 0) is 6.61 Å². The lowest BCUT2D eigenvalue weighted by atomic mass is 10.1. The molecule has 0 radical (unpaired) electrons. The Hall–Kier alpha value is -1.39. The summed E-state index contributed by atoms with van der Waals surface area (Å²) in [4.78, 5) is 4.49. The van der Waals surface area contributed by atoms with E-state index >= 15 is 0 Å². The second-order valence-corrected chi connectivity index (χ2v) is 5.98. The number of aryl methyl sites for hydroxylation is 1. The first-order valence-corrected chi connectivity index (χ1v) is 7.34. The number of hydrogen-bond donors (Lipinski definition) is 1. The van der Waals surface area contributed by atoms with Crippen LogP contribution in [0.2, 0.25) is 0 Å². The van der Waals surface area contributed by atoms with Crippen molar-refractivity contribution in [1.82, 2.24) is 4.98 Å². The monoisotopic (exact) mass is 335 g/mol. The third-order valence-electron chi connectivity index (χ3n) is 3.01. The highest BCUT2D eigenvalue weighted by atomic mass is 79.9. The second kappa shape index (κ2) is 6.37. The molecular formula is C16H18BrNO2. The molecule has 1 aromatic carbocycles. The minimum Gasteiger partial charge on any atom is -0.439 e. The Morgan fingerprint density at radius 3 is 2.60 bits per heavy atom. The zero-order valence-corrected chi connectivity index (χ0v) is 13.4. The van der Waals surface area contributed by atoms with Gasteiger partial charge in [-0.2, -0.15) is 0 Å². The molecule has 0 atom stereocenters. The van der Waals surface area contributed by atoms with Gasteiger partial charge in [0.15, 0.2) is 0 Å². The van der Waals surface area contributed by atoms with Gasteiger partial charge in [0, 0.05) is 16.2 Å². The van der Waals surface area contributed by atoms with E-state index < -0.39 is 0 Å². The molecule has 1 N–H and O–H groups in total. The van der Waals surface area contributed by atoms with Crippen molar-refractivity contribution in [3.63, 3.8) is 0 Å². The van der Waals surface area contributed by atoms with Crippen molar-refractivity contribution in [1.29, 1.82) is 0 Å². The van der Waals surface area contributed by atoms with Crippen molar-refractivity contribution in [2.24, 2.45) is 0 Å². The zero-order valence-electron chi connectivity index (χ0n) is 11.9. The van der Waals surface area contributed by atoms with Crippen molar-refractivity contribution in [3.8, 4) is 11.6 Å². The van der Waals surface area contributed by atoms with Crippen molar-refractivity contribution in [3.05, 3.63) is 51.6 Å². The Kier molecular flexibility index (Phi) is 4.78. The standard InChI is InChI=1S/C16H18BrNO2/c1-10(2)14-7-12(9-19)8-16(18-14)20-15-5-4-13(17)6-11(15)3/h4-8,10,19H,9H2,1-3H3. The van der Waals surface area contributed by atoms with Crippen molar-refractivity contribution in [2.45, 2.75) is 33.3 Å². The summed E-state index contributed by atoms with van der Waals surface area (Å²) in [6.45, 7) is 6.10. The molecule has 0 saturated carbocycles. The predicted octanol–water partition coefficient (Wildman–Crippen LogP) is 4.56. The topological polar surface area (TPSA) is 42.4 Å². The fourth-order valence-electron chi connectivity index (χ4n) is 1.86. The van der Waals surface area contributed by atoms with Crippen LogP contribution in [0, 0.1) is 6.92 Å². The minimum absolute atomic E-state index is 0.0160. The normalized spacial score (nSPS) is 10.9. The van der Waals surface area contributed by atoms with E-state index in [2.05, 4.69) is 34.8 Å². The lowest BCUT2D eigenvalue weighted by molar-refractivity contribution is 0.280. The molecule has 0 aliphatic rings. The fourth-order valence-corrected chi connectivity index (χ4v) is 2.34. The van der Waals surface area contributed by atoms with E-state index in [1.54, 1.807) is 6.07 Å². The number of pyridine rings is 1. The number of aliphatic hydroxyl groups is 1. The van der Waals surface area contributed by atoms with Gasteiger partial charge in [-0.3, -0.25) is 0 Å². The summed E-state index contributed by atoms with van der Waals surface area (Å²) in [7, 11) is 0. The summed E-state index contributed by atoms with van der Waals surface area (Å²) >= 11 is 3.43. The number of halogens is 1. The maximum absolute atomic E-state index is 9.34. The molecule has 0 amide bonds. The average Bonchev–Trinajstić information content (AvgIpc) is 2.41. The summed E-state index contributed by atoms with van der Waals surface area (Å²) in [6.07, 6.45) is 0. The molecule has 3 nitrogen and oxygen atoms in total. The predicted molar refractivity (Wildman–Crippen MR) is 83.2 cm³/mol. The van der Waals surface area contributed by atoms with Gasteiger partial charge in [-0.1, -0.05) is 29.8 Å². The van der Waals surface area contributed by atoms with E-state index in [-0.39, 0.29) is 12.5 Å². The van der Waals surface area contributed by atoms with Gasteiger partial charge in [-0.25, -0.2) is 4.98 Å². The molecule has 0 unspecified atom stereocenters. The molecule has 0 fully saturated rings. The average molecular weight is 336 g/mol. The molecule has 20 heavy (non-hydrogen) atoms. The number of nitrogens with zero attached hydrogens (tertiary/aromatic N) is 1. The van der Waals surface area contributed by atoms with Gasteiger partial charge < -0.3 is 9.84 Å². The Morgan fingerprint density at radius 2 is 2.00 bits per heavy atom. The van der Waals surface area contributed by atoms with Gasteiger partial charge in [-0.05, 0) is 48.2 Å². The van der Waals surface area contributed by atoms with Crippen LogP contribution in [-0.4, -0.2) is 10.1 Å². The Balaban J connectivity index is 2.34. The van der Waals surface area contributed by atoms with Gasteiger partial charge >= 0.3 is 0 Å². The van der Waals surface area contributed by atoms with Crippen LogP contribution < -0.4 is 4.74 Å². The van der Waals surface area contributed by atoms with Crippen LogP contribution in [0.25, 0.3) is 0 Å². The Bertz CT molecular complexity index is 611. The van der Waals surface area contributed by atoms with Gasteiger partial charge in [0.2, 0.25) is 5.88 Å². The third kappa shape index (κ3) is 3.58. The summed E-state index contributed by atoms with van der Waals surface area (Å²) in [5.41, 5.74) is 2.76. The summed E-state index contributed by atoms with van der Waals surface area (Å²) in [6, 6.07) is 9.51. The molecule has 2 aromatic rings. The largest absolute Gasteiger partial charge is 0.439 e. The second-order valence-electron chi connectivity index (χ2n) is 5.06. The lowest BCUT2D eigenvalue weighted by Gasteiger charge is -2.12. The van der Waals surface area contributed by atoms with Crippen molar-refractivity contribution < 1.29 is 9.84 Å². The molecule has 106 valence electrons. The van der Waals surface area contributed by atoms with E-state index in [1.807, 2.05) is 31.2 Å². The SMILES string of the molecule is Cc1cc(Br)ccc1Oc1cc(CO)cc(C(C)C)n1. The van der Waals surface area contributed by atoms with Gasteiger partial charge in [0.05, 0.1) is 6.61 Å². The summed E-state index contributed by atoms with van der Waals surface area (Å²) < 4.78 is 6.87. The highest BCUT2D eigenvalue weighted by Crippen LogP contribution is 2.28. The minimum atomic E-state index is -0.0160. The van der Waals surface area contributed by atoms with Gasteiger partial charge in [0.1, 0.15) is 5.75 Å². The molecule has 0 saturated heterocycles. The lowest BCUT2D eigenvalue weighted by Crippen LogP contribution is -1.99. The first-order valence-electron chi connectivity index (χ1n) is 6.55. The van der Waals surface area contributed by atoms with Crippen LogP contribution in [0.3, 0.4) is 0 Å². The molecule has 2 rings (SSSR count). The number of hydrogen-bond acceptors (Lipinski definition) is 3. The van der Waals surface area contributed by atoms with Gasteiger partial charge in [0.25, 0.3) is 0 Å². The maximum Gasteiger partial charge on any atom is 0.219 e. The van der Waals surface area contributed by atoms with Crippen LogP contribution in [0.1, 0.15) is 36.6 Å².